The maximum Gasteiger partial charge on any atom is 0.225 e. The zero-order chi connectivity index (χ0) is 15.4. The minimum absolute atomic E-state index is 0.00349. The van der Waals surface area contributed by atoms with E-state index < -0.39 is 5.82 Å². The van der Waals surface area contributed by atoms with Crippen LogP contribution in [-0.2, 0) is 0 Å². The molecule has 116 valence electrons. The number of rotatable bonds is 1. The molecular weight excluding hydrogens is 350 g/mol. The lowest BCUT2D eigenvalue weighted by atomic mass is 10.2. The fourth-order valence-electron chi connectivity index (χ4n) is 3.32. The standard InChI is InChI=1S/C14H12Cl3FN4/c15-8-6-3-1-2-4-22(11(6)8)13-7-5-19-12(16)9(18)10(7)20-14(17)21-13/h5-6,8,11H,1-4H2/t6-,8+,11-/m1/s1. The van der Waals surface area contributed by atoms with Gasteiger partial charge in [0.1, 0.15) is 11.3 Å². The van der Waals surface area contributed by atoms with Crippen LogP contribution >= 0.6 is 34.8 Å². The van der Waals surface area contributed by atoms with E-state index in [-0.39, 0.29) is 27.4 Å². The molecule has 0 unspecified atom stereocenters. The molecule has 2 aromatic rings. The topological polar surface area (TPSA) is 41.9 Å². The van der Waals surface area contributed by atoms with Crippen LogP contribution in [0.2, 0.25) is 10.4 Å². The van der Waals surface area contributed by atoms with E-state index in [2.05, 4.69) is 19.9 Å². The summed E-state index contributed by atoms with van der Waals surface area (Å²) in [5.41, 5.74) is 0.0996. The van der Waals surface area contributed by atoms with E-state index >= 15 is 0 Å². The third kappa shape index (κ3) is 2.22. The van der Waals surface area contributed by atoms with Gasteiger partial charge >= 0.3 is 0 Å². The van der Waals surface area contributed by atoms with Crippen molar-refractivity contribution < 1.29 is 4.39 Å². The van der Waals surface area contributed by atoms with Gasteiger partial charge in [0.25, 0.3) is 0 Å². The lowest BCUT2D eigenvalue weighted by Gasteiger charge is -2.24. The molecule has 0 N–H and O–H groups in total. The van der Waals surface area contributed by atoms with Crippen LogP contribution in [0, 0.1) is 11.7 Å². The second-order valence-corrected chi connectivity index (χ2v) is 6.93. The summed E-state index contributed by atoms with van der Waals surface area (Å²) in [5.74, 6) is 0.380. The van der Waals surface area contributed by atoms with Gasteiger partial charge in [-0.1, -0.05) is 18.0 Å². The molecule has 0 aromatic carbocycles. The van der Waals surface area contributed by atoms with E-state index in [1.165, 1.54) is 6.20 Å². The van der Waals surface area contributed by atoms with Gasteiger partial charge in [0.05, 0.1) is 16.8 Å². The lowest BCUT2D eigenvalue weighted by molar-refractivity contribution is 0.630. The van der Waals surface area contributed by atoms with E-state index in [4.69, 9.17) is 34.8 Å². The number of aromatic nitrogens is 3. The molecule has 4 nitrogen and oxygen atoms in total. The molecule has 22 heavy (non-hydrogen) atoms. The second-order valence-electron chi connectivity index (χ2n) is 5.73. The SMILES string of the molecule is Fc1c(Cl)ncc2c(N3CCCC[C@@H]4[C@H](Cl)[C@@H]43)nc(Cl)nc12. The Bertz CT molecular complexity index is 756. The van der Waals surface area contributed by atoms with Gasteiger partial charge < -0.3 is 4.90 Å². The molecule has 4 rings (SSSR count). The van der Waals surface area contributed by atoms with Crippen molar-refractivity contribution in [3.63, 3.8) is 0 Å². The Kier molecular flexibility index (Phi) is 3.55. The predicted octanol–water partition coefficient (Wildman–Crippen LogP) is 4.07. The number of halogens is 4. The fourth-order valence-corrected chi connectivity index (χ4v) is 4.13. The first-order valence-corrected chi connectivity index (χ1v) is 8.35. The highest BCUT2D eigenvalue weighted by Gasteiger charge is 2.53. The van der Waals surface area contributed by atoms with Gasteiger partial charge in [0.15, 0.2) is 11.0 Å². The molecule has 1 saturated heterocycles. The Hall–Kier alpha value is -0.910. The van der Waals surface area contributed by atoms with Crippen molar-refractivity contribution >= 4 is 51.5 Å². The van der Waals surface area contributed by atoms with Crippen LogP contribution in [0.15, 0.2) is 6.20 Å². The van der Waals surface area contributed by atoms with E-state index in [1.807, 2.05) is 0 Å². The molecule has 1 saturated carbocycles. The minimum Gasteiger partial charge on any atom is -0.351 e. The summed E-state index contributed by atoms with van der Waals surface area (Å²) in [6.07, 6.45) is 4.79. The fraction of sp³-hybridized carbons (Fsp3) is 0.500. The van der Waals surface area contributed by atoms with Crippen LogP contribution in [0.25, 0.3) is 10.9 Å². The summed E-state index contributed by atoms with van der Waals surface area (Å²) in [7, 11) is 0. The molecule has 3 heterocycles. The zero-order valence-corrected chi connectivity index (χ0v) is 13.7. The minimum atomic E-state index is -0.672. The number of fused-ring (bicyclic) bond motifs is 2. The highest BCUT2D eigenvalue weighted by Crippen LogP contribution is 2.48. The third-order valence-corrected chi connectivity index (χ3v) is 5.46. The van der Waals surface area contributed by atoms with Crippen molar-refractivity contribution in [2.45, 2.75) is 30.7 Å². The highest BCUT2D eigenvalue weighted by atomic mass is 35.5. The van der Waals surface area contributed by atoms with Crippen LogP contribution < -0.4 is 4.90 Å². The largest absolute Gasteiger partial charge is 0.351 e. The van der Waals surface area contributed by atoms with Gasteiger partial charge in [0.2, 0.25) is 5.28 Å². The molecule has 0 amide bonds. The molecule has 3 atom stereocenters. The lowest BCUT2D eigenvalue weighted by Crippen LogP contribution is -2.29. The van der Waals surface area contributed by atoms with Gasteiger partial charge in [0, 0.05) is 12.7 Å². The van der Waals surface area contributed by atoms with Gasteiger partial charge in [-0.3, -0.25) is 0 Å². The van der Waals surface area contributed by atoms with Crippen LogP contribution in [0.1, 0.15) is 19.3 Å². The van der Waals surface area contributed by atoms with Crippen LogP contribution in [-0.4, -0.2) is 32.9 Å². The normalized spacial score (nSPS) is 27.6. The molecule has 2 fully saturated rings. The molecule has 0 radical (unpaired) electrons. The van der Waals surface area contributed by atoms with Crippen LogP contribution in [0.4, 0.5) is 10.2 Å². The predicted molar refractivity (Wildman–Crippen MR) is 85.4 cm³/mol. The molecule has 1 aliphatic heterocycles. The average molecular weight is 362 g/mol. The molecule has 2 aliphatic rings. The number of anilines is 1. The molecule has 2 aromatic heterocycles. The van der Waals surface area contributed by atoms with Crippen molar-refractivity contribution in [3.05, 3.63) is 22.5 Å². The van der Waals surface area contributed by atoms with E-state index in [0.717, 1.165) is 25.8 Å². The van der Waals surface area contributed by atoms with Crippen molar-refractivity contribution in [2.24, 2.45) is 5.92 Å². The summed E-state index contributed by atoms with van der Waals surface area (Å²) >= 11 is 18.1. The van der Waals surface area contributed by atoms with E-state index in [1.54, 1.807) is 0 Å². The zero-order valence-electron chi connectivity index (χ0n) is 11.4. The summed E-state index contributed by atoms with van der Waals surface area (Å²) in [4.78, 5) is 14.3. The van der Waals surface area contributed by atoms with Crippen molar-refractivity contribution in [1.29, 1.82) is 0 Å². The molecule has 0 bridgehead atoms. The van der Waals surface area contributed by atoms with Gasteiger partial charge in [-0.05, 0) is 30.4 Å². The quantitative estimate of drug-likeness (QED) is 0.436. The van der Waals surface area contributed by atoms with Crippen molar-refractivity contribution in [2.75, 3.05) is 11.4 Å². The first kappa shape index (κ1) is 14.7. The van der Waals surface area contributed by atoms with Crippen molar-refractivity contribution in [3.8, 4) is 0 Å². The summed E-state index contributed by atoms with van der Waals surface area (Å²) < 4.78 is 14.2. The smallest absolute Gasteiger partial charge is 0.225 e. The summed E-state index contributed by atoms with van der Waals surface area (Å²) in [6.45, 7) is 0.817. The number of hydrogen-bond donors (Lipinski definition) is 0. The number of alkyl halides is 1. The van der Waals surface area contributed by atoms with Crippen molar-refractivity contribution in [1.82, 2.24) is 15.0 Å². The Morgan fingerprint density at radius 1 is 1.23 bits per heavy atom. The Labute approximate surface area is 141 Å². The Morgan fingerprint density at radius 2 is 2.05 bits per heavy atom. The van der Waals surface area contributed by atoms with Gasteiger partial charge in [-0.15, -0.1) is 11.6 Å². The Balaban J connectivity index is 1.89. The maximum absolute atomic E-state index is 14.2. The van der Waals surface area contributed by atoms with Crippen LogP contribution in [0.3, 0.4) is 0 Å². The Morgan fingerprint density at radius 3 is 2.86 bits per heavy atom. The maximum atomic E-state index is 14.2. The number of pyridine rings is 1. The third-order valence-electron chi connectivity index (χ3n) is 4.45. The monoisotopic (exact) mass is 360 g/mol. The summed E-state index contributed by atoms with van der Waals surface area (Å²) in [6, 6.07) is 0.220. The average Bonchev–Trinajstić information content (AvgIpc) is 3.18. The molecule has 0 spiro atoms. The van der Waals surface area contributed by atoms with E-state index in [0.29, 0.717) is 17.1 Å². The van der Waals surface area contributed by atoms with Gasteiger partial charge in [-0.25, -0.2) is 14.4 Å². The van der Waals surface area contributed by atoms with E-state index in [9.17, 15) is 4.39 Å². The number of nitrogens with zero attached hydrogens (tertiary/aromatic N) is 4. The number of hydrogen-bond acceptors (Lipinski definition) is 4. The summed E-state index contributed by atoms with van der Waals surface area (Å²) in [5, 5.41) is 0.400. The molecular formula is C14H12Cl3FN4. The first-order chi connectivity index (χ1) is 10.6. The highest BCUT2D eigenvalue weighted by molar-refractivity contribution is 6.31. The van der Waals surface area contributed by atoms with Gasteiger partial charge in [-0.2, -0.15) is 4.98 Å². The first-order valence-electron chi connectivity index (χ1n) is 7.16. The second kappa shape index (κ2) is 5.32. The van der Waals surface area contributed by atoms with Crippen LogP contribution in [0.5, 0.6) is 0 Å². The molecule has 8 heteroatoms. The molecule has 1 aliphatic carbocycles.